The van der Waals surface area contributed by atoms with Gasteiger partial charge in [-0.1, -0.05) is 25.1 Å². The van der Waals surface area contributed by atoms with Gasteiger partial charge in [0.25, 0.3) is 0 Å². The first kappa shape index (κ1) is 14.7. The molecule has 2 aromatic rings. The van der Waals surface area contributed by atoms with Gasteiger partial charge in [-0.3, -0.25) is 14.9 Å². The SMILES string of the molecule is CCC(=O)c1cccc(Oc2cc(C)ccc2[N+](=O)[O-])c1. The van der Waals surface area contributed by atoms with Crippen LogP contribution in [-0.2, 0) is 0 Å². The minimum absolute atomic E-state index is 0.000748. The van der Waals surface area contributed by atoms with Gasteiger partial charge in [0.1, 0.15) is 5.75 Å². The summed E-state index contributed by atoms with van der Waals surface area (Å²) in [5, 5.41) is 11.0. The number of nitro benzene ring substituents is 1. The number of hydrogen-bond donors (Lipinski definition) is 0. The van der Waals surface area contributed by atoms with Gasteiger partial charge in [0.15, 0.2) is 5.78 Å². The number of rotatable bonds is 5. The predicted molar refractivity (Wildman–Crippen MR) is 79.0 cm³/mol. The van der Waals surface area contributed by atoms with Crippen LogP contribution in [0.15, 0.2) is 42.5 Å². The first-order chi connectivity index (χ1) is 10.0. The Balaban J connectivity index is 2.36. The molecule has 0 atom stereocenters. The molecule has 21 heavy (non-hydrogen) atoms. The molecule has 0 aliphatic heterocycles. The summed E-state index contributed by atoms with van der Waals surface area (Å²) >= 11 is 0. The fourth-order valence-corrected chi connectivity index (χ4v) is 1.92. The monoisotopic (exact) mass is 285 g/mol. The standard InChI is InChI=1S/C16H15NO4/c1-3-15(18)12-5-4-6-13(10-12)21-16-9-11(2)7-8-14(16)17(19)20/h4-10H,3H2,1-2H3. The number of carbonyl (C=O) groups excluding carboxylic acids is 1. The van der Waals surface area contributed by atoms with Gasteiger partial charge in [0.05, 0.1) is 4.92 Å². The lowest BCUT2D eigenvalue weighted by molar-refractivity contribution is -0.385. The molecule has 0 bridgehead atoms. The molecule has 5 heteroatoms. The lowest BCUT2D eigenvalue weighted by atomic mass is 10.1. The Bertz CT molecular complexity index is 694. The molecule has 0 unspecified atom stereocenters. The maximum atomic E-state index is 11.7. The van der Waals surface area contributed by atoms with Crippen molar-refractivity contribution < 1.29 is 14.5 Å². The summed E-state index contributed by atoms with van der Waals surface area (Å²) in [5.41, 5.74) is 1.29. The predicted octanol–water partition coefficient (Wildman–Crippen LogP) is 4.29. The van der Waals surface area contributed by atoms with E-state index in [1.807, 2.05) is 6.92 Å². The summed E-state index contributed by atoms with van der Waals surface area (Å²) < 4.78 is 5.59. The number of ether oxygens (including phenoxy) is 1. The van der Waals surface area contributed by atoms with E-state index in [1.165, 1.54) is 6.07 Å². The Morgan fingerprint density at radius 3 is 2.67 bits per heavy atom. The lowest BCUT2D eigenvalue weighted by Crippen LogP contribution is -1.98. The lowest BCUT2D eigenvalue weighted by Gasteiger charge is -2.08. The summed E-state index contributed by atoms with van der Waals surface area (Å²) in [7, 11) is 0. The number of carbonyl (C=O) groups is 1. The Labute approximate surface area is 122 Å². The zero-order valence-corrected chi connectivity index (χ0v) is 11.8. The molecule has 0 spiro atoms. The van der Waals surface area contributed by atoms with E-state index in [4.69, 9.17) is 4.74 Å². The first-order valence-corrected chi connectivity index (χ1v) is 6.57. The largest absolute Gasteiger partial charge is 0.450 e. The van der Waals surface area contributed by atoms with Gasteiger partial charge in [0.2, 0.25) is 5.75 Å². The normalized spacial score (nSPS) is 10.2. The molecule has 108 valence electrons. The first-order valence-electron chi connectivity index (χ1n) is 6.57. The van der Waals surface area contributed by atoms with E-state index in [1.54, 1.807) is 43.3 Å². The second-order valence-electron chi connectivity index (χ2n) is 4.63. The Morgan fingerprint density at radius 1 is 1.24 bits per heavy atom. The van der Waals surface area contributed by atoms with Crippen LogP contribution in [-0.4, -0.2) is 10.7 Å². The Morgan fingerprint density at radius 2 is 2.00 bits per heavy atom. The minimum atomic E-state index is -0.490. The van der Waals surface area contributed by atoms with E-state index in [9.17, 15) is 14.9 Å². The van der Waals surface area contributed by atoms with Crippen molar-refractivity contribution in [1.29, 1.82) is 0 Å². The molecule has 0 N–H and O–H groups in total. The van der Waals surface area contributed by atoms with E-state index in [2.05, 4.69) is 0 Å². The van der Waals surface area contributed by atoms with Gasteiger partial charge in [0, 0.05) is 18.1 Å². The second kappa shape index (κ2) is 6.17. The van der Waals surface area contributed by atoms with Gasteiger partial charge < -0.3 is 4.74 Å². The van der Waals surface area contributed by atoms with Crippen LogP contribution in [0.3, 0.4) is 0 Å². The van der Waals surface area contributed by atoms with E-state index in [-0.39, 0.29) is 17.2 Å². The summed E-state index contributed by atoms with van der Waals surface area (Å²) in [6.07, 6.45) is 0.397. The molecule has 0 heterocycles. The molecule has 0 saturated carbocycles. The number of ketones is 1. The van der Waals surface area contributed by atoms with E-state index >= 15 is 0 Å². The molecule has 0 aliphatic carbocycles. The number of Topliss-reactive ketones (excluding diaryl/α,β-unsaturated/α-hetero) is 1. The van der Waals surface area contributed by atoms with E-state index in [0.29, 0.717) is 17.7 Å². The molecule has 5 nitrogen and oxygen atoms in total. The number of benzene rings is 2. The van der Waals surface area contributed by atoms with Crippen molar-refractivity contribution >= 4 is 11.5 Å². The third kappa shape index (κ3) is 3.45. The number of nitro groups is 1. The van der Waals surface area contributed by atoms with Crippen molar-refractivity contribution in [3.63, 3.8) is 0 Å². The molecular weight excluding hydrogens is 270 g/mol. The number of hydrogen-bond acceptors (Lipinski definition) is 4. The maximum absolute atomic E-state index is 11.7. The van der Waals surface area contributed by atoms with Crippen molar-refractivity contribution in [2.24, 2.45) is 0 Å². The highest BCUT2D eigenvalue weighted by atomic mass is 16.6. The molecule has 2 rings (SSSR count). The van der Waals surface area contributed by atoms with Crippen LogP contribution < -0.4 is 4.74 Å². The molecule has 0 aliphatic rings. The van der Waals surface area contributed by atoms with Crippen molar-refractivity contribution in [1.82, 2.24) is 0 Å². The zero-order valence-electron chi connectivity index (χ0n) is 11.8. The summed E-state index contributed by atoms with van der Waals surface area (Å²) in [5.74, 6) is 0.572. The highest BCUT2D eigenvalue weighted by Gasteiger charge is 2.16. The third-order valence-corrected chi connectivity index (χ3v) is 3.02. The zero-order chi connectivity index (χ0) is 15.4. The molecule has 0 amide bonds. The molecule has 0 fully saturated rings. The number of nitrogens with zero attached hydrogens (tertiary/aromatic N) is 1. The number of aryl methyl sites for hydroxylation is 1. The van der Waals surface area contributed by atoms with Crippen LogP contribution in [0.5, 0.6) is 11.5 Å². The smallest absolute Gasteiger partial charge is 0.311 e. The van der Waals surface area contributed by atoms with Crippen LogP contribution >= 0.6 is 0 Å². The highest BCUT2D eigenvalue weighted by Crippen LogP contribution is 2.32. The van der Waals surface area contributed by atoms with Crippen LogP contribution in [0.4, 0.5) is 5.69 Å². The van der Waals surface area contributed by atoms with Gasteiger partial charge in [-0.15, -0.1) is 0 Å². The fraction of sp³-hybridized carbons (Fsp3) is 0.188. The topological polar surface area (TPSA) is 69.4 Å². The van der Waals surface area contributed by atoms with Crippen molar-refractivity contribution in [3.05, 3.63) is 63.7 Å². The third-order valence-electron chi connectivity index (χ3n) is 3.02. The van der Waals surface area contributed by atoms with Gasteiger partial charge in [-0.05, 0) is 30.7 Å². The summed E-state index contributed by atoms with van der Waals surface area (Å²) in [6, 6.07) is 11.3. The van der Waals surface area contributed by atoms with Crippen LogP contribution in [0, 0.1) is 17.0 Å². The van der Waals surface area contributed by atoms with Crippen LogP contribution in [0.25, 0.3) is 0 Å². The maximum Gasteiger partial charge on any atom is 0.311 e. The summed E-state index contributed by atoms with van der Waals surface area (Å²) in [4.78, 5) is 22.2. The average molecular weight is 285 g/mol. The van der Waals surface area contributed by atoms with Crippen molar-refractivity contribution in [3.8, 4) is 11.5 Å². The van der Waals surface area contributed by atoms with E-state index < -0.39 is 4.92 Å². The van der Waals surface area contributed by atoms with Gasteiger partial charge in [-0.25, -0.2) is 0 Å². The fourth-order valence-electron chi connectivity index (χ4n) is 1.92. The van der Waals surface area contributed by atoms with Crippen LogP contribution in [0.2, 0.25) is 0 Å². The minimum Gasteiger partial charge on any atom is -0.450 e. The van der Waals surface area contributed by atoms with E-state index in [0.717, 1.165) is 5.56 Å². The quantitative estimate of drug-likeness (QED) is 0.467. The van der Waals surface area contributed by atoms with Gasteiger partial charge >= 0.3 is 5.69 Å². The van der Waals surface area contributed by atoms with Crippen molar-refractivity contribution in [2.75, 3.05) is 0 Å². The Kier molecular flexibility index (Phi) is 4.33. The molecule has 0 aromatic heterocycles. The average Bonchev–Trinajstić information content (AvgIpc) is 2.46. The molecular formula is C16H15NO4. The summed E-state index contributed by atoms with van der Waals surface area (Å²) in [6.45, 7) is 3.61. The Hall–Kier alpha value is -2.69. The second-order valence-corrected chi connectivity index (χ2v) is 4.63. The van der Waals surface area contributed by atoms with Crippen LogP contribution in [0.1, 0.15) is 29.3 Å². The van der Waals surface area contributed by atoms with Crippen molar-refractivity contribution in [2.45, 2.75) is 20.3 Å². The molecule has 2 aromatic carbocycles. The van der Waals surface area contributed by atoms with Gasteiger partial charge in [-0.2, -0.15) is 0 Å². The molecule has 0 saturated heterocycles. The molecule has 0 radical (unpaired) electrons. The highest BCUT2D eigenvalue weighted by molar-refractivity contribution is 5.96.